The van der Waals surface area contributed by atoms with Crippen LogP contribution in [0.1, 0.15) is 38.7 Å². The second-order valence-corrected chi connectivity index (χ2v) is 9.01. The predicted octanol–water partition coefficient (Wildman–Crippen LogP) is 3.90. The monoisotopic (exact) mass is 427 g/mol. The summed E-state index contributed by atoms with van der Waals surface area (Å²) >= 11 is 0. The molecule has 0 saturated heterocycles. The Kier molecular flexibility index (Phi) is 4.69. The van der Waals surface area contributed by atoms with Crippen LogP contribution in [0.4, 0.5) is 5.69 Å². The summed E-state index contributed by atoms with van der Waals surface area (Å²) in [5.41, 5.74) is 2.74. The summed E-state index contributed by atoms with van der Waals surface area (Å²) in [4.78, 5) is 32.9. The Labute approximate surface area is 185 Å². The molecule has 7 nitrogen and oxygen atoms in total. The molecule has 1 aliphatic rings. The molecule has 1 amide bonds. The molecule has 1 aliphatic heterocycles. The van der Waals surface area contributed by atoms with Crippen LogP contribution in [0.3, 0.4) is 0 Å². The van der Waals surface area contributed by atoms with Crippen molar-refractivity contribution in [2.45, 2.75) is 45.2 Å². The number of carbonyl (C=O) groups excluding carboxylic acids is 1. The lowest BCUT2D eigenvalue weighted by Gasteiger charge is -2.46. The van der Waals surface area contributed by atoms with E-state index in [9.17, 15) is 9.59 Å². The topological polar surface area (TPSA) is 73.0 Å². The standard InChI is InChI=1S/C25H25N5O2/c1-17-13-25(2,3)29(21-12-8-7-11-19(17)21)22(31)15-28-16-26-23-20(24(28)32)14-27-30(23)18-9-5-4-6-10-18/h4-12,14,16-17H,13,15H2,1-3H3/t17-/m0/s1. The molecular formula is C25H25N5O2. The molecule has 0 aliphatic carbocycles. The number of hydrogen-bond donors (Lipinski definition) is 0. The minimum atomic E-state index is -0.357. The summed E-state index contributed by atoms with van der Waals surface area (Å²) in [6.45, 7) is 6.26. The van der Waals surface area contributed by atoms with Gasteiger partial charge >= 0.3 is 0 Å². The summed E-state index contributed by atoms with van der Waals surface area (Å²) in [5, 5.41) is 4.73. The molecule has 2 aromatic heterocycles. The fraction of sp³-hybridized carbons (Fsp3) is 0.280. The second kappa shape index (κ2) is 7.44. The molecule has 1 atom stereocenters. The Balaban J connectivity index is 1.51. The summed E-state index contributed by atoms with van der Waals surface area (Å²) in [6, 6.07) is 17.5. The van der Waals surface area contributed by atoms with E-state index in [-0.39, 0.29) is 23.6 Å². The summed E-state index contributed by atoms with van der Waals surface area (Å²) in [7, 11) is 0. The Bertz CT molecular complexity index is 1370. The number of nitrogens with zero attached hydrogens (tertiary/aromatic N) is 5. The molecule has 0 saturated carbocycles. The van der Waals surface area contributed by atoms with Gasteiger partial charge in [-0.15, -0.1) is 0 Å². The fourth-order valence-electron chi connectivity index (χ4n) is 4.89. The van der Waals surface area contributed by atoms with Gasteiger partial charge in [0.15, 0.2) is 5.65 Å². The average molecular weight is 428 g/mol. The zero-order valence-corrected chi connectivity index (χ0v) is 18.4. The van der Waals surface area contributed by atoms with E-state index in [4.69, 9.17) is 0 Å². The van der Waals surface area contributed by atoms with Gasteiger partial charge in [-0.05, 0) is 49.9 Å². The van der Waals surface area contributed by atoms with Gasteiger partial charge in [-0.3, -0.25) is 14.2 Å². The van der Waals surface area contributed by atoms with Gasteiger partial charge in [0.25, 0.3) is 5.56 Å². The van der Waals surface area contributed by atoms with Crippen LogP contribution in [-0.4, -0.2) is 30.8 Å². The lowest BCUT2D eigenvalue weighted by molar-refractivity contribution is -0.120. The van der Waals surface area contributed by atoms with Crippen LogP contribution >= 0.6 is 0 Å². The molecule has 0 bridgehead atoms. The molecule has 7 heteroatoms. The highest BCUT2D eigenvalue weighted by Gasteiger charge is 2.39. The Hall–Kier alpha value is -3.74. The number of para-hydroxylation sites is 2. The largest absolute Gasteiger partial charge is 0.305 e. The molecule has 0 N–H and O–H groups in total. The number of benzene rings is 2. The van der Waals surface area contributed by atoms with Gasteiger partial charge in [0.1, 0.15) is 18.3 Å². The molecular weight excluding hydrogens is 402 g/mol. The molecule has 32 heavy (non-hydrogen) atoms. The molecule has 2 aromatic carbocycles. The third kappa shape index (κ3) is 3.21. The number of fused-ring (bicyclic) bond motifs is 2. The zero-order valence-electron chi connectivity index (χ0n) is 18.4. The maximum absolute atomic E-state index is 13.5. The zero-order chi connectivity index (χ0) is 22.5. The Morgan fingerprint density at radius 2 is 1.81 bits per heavy atom. The highest BCUT2D eigenvalue weighted by atomic mass is 16.2. The number of aromatic nitrogens is 4. The third-order valence-corrected chi connectivity index (χ3v) is 6.23. The summed E-state index contributed by atoms with van der Waals surface area (Å²) in [6.07, 6.45) is 3.81. The first kappa shape index (κ1) is 20.2. The predicted molar refractivity (Wildman–Crippen MR) is 124 cm³/mol. The molecule has 3 heterocycles. The van der Waals surface area contributed by atoms with E-state index in [2.05, 4.69) is 36.9 Å². The molecule has 0 fully saturated rings. The maximum Gasteiger partial charge on any atom is 0.264 e. The van der Waals surface area contributed by atoms with Crippen LogP contribution in [0.2, 0.25) is 0 Å². The van der Waals surface area contributed by atoms with Crippen molar-refractivity contribution in [1.82, 2.24) is 19.3 Å². The Morgan fingerprint density at radius 3 is 2.59 bits per heavy atom. The normalized spacial score (nSPS) is 17.3. The SMILES string of the molecule is C[C@H]1CC(C)(C)N(C(=O)Cn2cnc3c(cnn3-c3ccccc3)c2=O)c2ccccc21. The highest BCUT2D eigenvalue weighted by molar-refractivity contribution is 5.96. The fourth-order valence-corrected chi connectivity index (χ4v) is 4.89. The highest BCUT2D eigenvalue weighted by Crippen LogP contribution is 2.43. The van der Waals surface area contributed by atoms with E-state index in [1.54, 1.807) is 4.68 Å². The minimum Gasteiger partial charge on any atom is -0.305 e. The van der Waals surface area contributed by atoms with Gasteiger partial charge in [-0.2, -0.15) is 5.10 Å². The van der Waals surface area contributed by atoms with Crippen molar-refractivity contribution in [2.24, 2.45) is 0 Å². The lowest BCUT2D eigenvalue weighted by Crippen LogP contribution is -2.53. The van der Waals surface area contributed by atoms with Crippen molar-refractivity contribution < 1.29 is 4.79 Å². The lowest BCUT2D eigenvalue weighted by atomic mass is 9.80. The molecule has 162 valence electrons. The van der Waals surface area contributed by atoms with Crippen LogP contribution < -0.4 is 10.5 Å². The minimum absolute atomic E-state index is 0.0789. The van der Waals surface area contributed by atoms with Gasteiger partial charge in [0.05, 0.1) is 11.9 Å². The van der Waals surface area contributed by atoms with Crippen molar-refractivity contribution in [3.05, 3.63) is 83.0 Å². The van der Waals surface area contributed by atoms with Crippen molar-refractivity contribution in [2.75, 3.05) is 4.90 Å². The third-order valence-electron chi connectivity index (χ3n) is 6.23. The van der Waals surface area contributed by atoms with Crippen molar-refractivity contribution in [3.63, 3.8) is 0 Å². The van der Waals surface area contributed by atoms with Crippen LogP contribution in [0.15, 0.2) is 71.9 Å². The Morgan fingerprint density at radius 1 is 1.09 bits per heavy atom. The molecule has 4 aromatic rings. The number of rotatable bonds is 3. The molecule has 0 unspecified atom stereocenters. The van der Waals surface area contributed by atoms with Crippen LogP contribution in [0, 0.1) is 0 Å². The average Bonchev–Trinajstić information content (AvgIpc) is 3.20. The second-order valence-electron chi connectivity index (χ2n) is 9.01. The van der Waals surface area contributed by atoms with E-state index in [0.29, 0.717) is 17.0 Å². The number of amides is 1. The van der Waals surface area contributed by atoms with Gasteiger partial charge in [0.2, 0.25) is 5.91 Å². The molecule has 0 spiro atoms. The van der Waals surface area contributed by atoms with E-state index < -0.39 is 0 Å². The first-order chi connectivity index (χ1) is 15.4. The molecule has 5 rings (SSSR count). The van der Waals surface area contributed by atoms with Crippen molar-refractivity contribution in [3.8, 4) is 5.69 Å². The maximum atomic E-state index is 13.5. The van der Waals surface area contributed by atoms with E-state index in [1.807, 2.05) is 53.4 Å². The van der Waals surface area contributed by atoms with Gasteiger partial charge in [0, 0.05) is 11.2 Å². The van der Waals surface area contributed by atoms with E-state index in [1.165, 1.54) is 17.1 Å². The molecule has 0 radical (unpaired) electrons. The van der Waals surface area contributed by atoms with Crippen LogP contribution in [0.25, 0.3) is 16.7 Å². The number of anilines is 1. The van der Waals surface area contributed by atoms with Gasteiger partial charge < -0.3 is 4.90 Å². The van der Waals surface area contributed by atoms with Gasteiger partial charge in [-0.1, -0.05) is 43.3 Å². The quantitative estimate of drug-likeness (QED) is 0.497. The van der Waals surface area contributed by atoms with Crippen LogP contribution in [-0.2, 0) is 11.3 Å². The van der Waals surface area contributed by atoms with E-state index >= 15 is 0 Å². The number of carbonyl (C=O) groups is 1. The first-order valence-electron chi connectivity index (χ1n) is 10.8. The van der Waals surface area contributed by atoms with E-state index in [0.717, 1.165) is 23.4 Å². The summed E-state index contributed by atoms with van der Waals surface area (Å²) in [5.74, 6) is 0.225. The summed E-state index contributed by atoms with van der Waals surface area (Å²) < 4.78 is 3.01. The first-order valence-corrected chi connectivity index (χ1v) is 10.8. The van der Waals surface area contributed by atoms with Crippen molar-refractivity contribution >= 4 is 22.6 Å². The van der Waals surface area contributed by atoms with Gasteiger partial charge in [-0.25, -0.2) is 9.67 Å². The van der Waals surface area contributed by atoms with Crippen LogP contribution in [0.5, 0.6) is 0 Å². The van der Waals surface area contributed by atoms with Crippen molar-refractivity contribution in [1.29, 1.82) is 0 Å². The smallest absolute Gasteiger partial charge is 0.264 e. The number of hydrogen-bond acceptors (Lipinski definition) is 4.